The molecule has 158 valence electrons. The number of rotatable bonds is 7. The fourth-order valence-corrected chi connectivity index (χ4v) is 3.58. The molecule has 1 aliphatic heterocycles. The minimum absolute atomic E-state index is 0.0212. The quantitative estimate of drug-likeness (QED) is 0.683. The number of nitrogens with zero attached hydrogens (tertiary/aromatic N) is 1. The van der Waals surface area contributed by atoms with Gasteiger partial charge in [-0.3, -0.25) is 9.59 Å². The highest BCUT2D eigenvalue weighted by molar-refractivity contribution is 6.31. The molecule has 1 aliphatic rings. The first-order chi connectivity index (χ1) is 13.7. The first-order valence-electron chi connectivity index (χ1n) is 9.89. The van der Waals surface area contributed by atoms with Crippen LogP contribution < -0.4 is 5.32 Å². The molecule has 0 bridgehead atoms. The number of ether oxygens (including phenoxy) is 1. The van der Waals surface area contributed by atoms with Crippen LogP contribution in [0.5, 0.6) is 0 Å². The SMILES string of the molecule is CCOC(=O)C1=C(C)N(CC(=O)N[C@@H](C)C(C)C)C(=O)C[C@@H]1c1ccccc1Cl. The molecule has 0 aromatic heterocycles. The van der Waals surface area contributed by atoms with Gasteiger partial charge in [-0.2, -0.15) is 0 Å². The van der Waals surface area contributed by atoms with Crippen LogP contribution in [0, 0.1) is 5.92 Å². The third-order valence-corrected chi connectivity index (χ3v) is 5.63. The lowest BCUT2D eigenvalue weighted by Crippen LogP contribution is -2.46. The number of benzene rings is 1. The molecule has 29 heavy (non-hydrogen) atoms. The minimum Gasteiger partial charge on any atom is -0.463 e. The van der Waals surface area contributed by atoms with Gasteiger partial charge in [0.2, 0.25) is 11.8 Å². The summed E-state index contributed by atoms with van der Waals surface area (Å²) >= 11 is 6.34. The van der Waals surface area contributed by atoms with E-state index in [1.165, 1.54) is 4.90 Å². The van der Waals surface area contributed by atoms with Crippen LogP contribution in [0.3, 0.4) is 0 Å². The van der Waals surface area contributed by atoms with E-state index >= 15 is 0 Å². The van der Waals surface area contributed by atoms with Crippen molar-refractivity contribution < 1.29 is 19.1 Å². The van der Waals surface area contributed by atoms with Gasteiger partial charge in [0.25, 0.3) is 0 Å². The molecular weight excluding hydrogens is 392 g/mol. The molecule has 1 aromatic carbocycles. The van der Waals surface area contributed by atoms with Gasteiger partial charge in [-0.15, -0.1) is 0 Å². The molecule has 1 heterocycles. The lowest BCUT2D eigenvalue weighted by Gasteiger charge is -2.34. The molecule has 0 fully saturated rings. The van der Waals surface area contributed by atoms with E-state index in [2.05, 4.69) is 5.32 Å². The number of nitrogens with one attached hydrogen (secondary N) is 1. The van der Waals surface area contributed by atoms with Crippen LogP contribution in [0.1, 0.15) is 52.5 Å². The number of halogens is 1. The van der Waals surface area contributed by atoms with E-state index in [1.807, 2.05) is 26.8 Å². The number of carbonyl (C=O) groups excluding carboxylic acids is 3. The van der Waals surface area contributed by atoms with Crippen LogP contribution in [0.15, 0.2) is 35.5 Å². The van der Waals surface area contributed by atoms with Crippen LogP contribution >= 0.6 is 11.6 Å². The predicted molar refractivity (Wildman–Crippen MR) is 112 cm³/mol. The Hall–Kier alpha value is -2.34. The Morgan fingerprint density at radius 1 is 1.28 bits per heavy atom. The molecule has 0 saturated carbocycles. The van der Waals surface area contributed by atoms with Crippen LogP contribution in [-0.2, 0) is 19.1 Å². The summed E-state index contributed by atoms with van der Waals surface area (Å²) in [5.74, 6) is -1.23. The fourth-order valence-electron chi connectivity index (χ4n) is 3.31. The smallest absolute Gasteiger partial charge is 0.336 e. The first-order valence-corrected chi connectivity index (χ1v) is 10.3. The molecule has 6 nitrogen and oxygen atoms in total. The molecule has 0 unspecified atom stereocenters. The van der Waals surface area contributed by atoms with E-state index in [1.54, 1.807) is 32.0 Å². The number of allylic oxidation sites excluding steroid dienone is 1. The van der Waals surface area contributed by atoms with Crippen molar-refractivity contribution in [3.05, 3.63) is 46.1 Å². The molecule has 2 amide bonds. The van der Waals surface area contributed by atoms with Gasteiger partial charge in [-0.25, -0.2) is 4.79 Å². The summed E-state index contributed by atoms with van der Waals surface area (Å²) in [5, 5.41) is 3.38. The highest BCUT2D eigenvalue weighted by Crippen LogP contribution is 2.39. The van der Waals surface area contributed by atoms with Crippen molar-refractivity contribution in [2.45, 2.75) is 53.0 Å². The maximum absolute atomic E-state index is 12.9. The summed E-state index contributed by atoms with van der Waals surface area (Å²) in [6.45, 7) is 9.41. The second kappa shape index (κ2) is 9.92. The van der Waals surface area contributed by atoms with Gasteiger partial charge in [-0.05, 0) is 38.3 Å². The van der Waals surface area contributed by atoms with E-state index in [0.29, 0.717) is 21.9 Å². The van der Waals surface area contributed by atoms with Gasteiger partial charge < -0.3 is 15.0 Å². The van der Waals surface area contributed by atoms with Crippen molar-refractivity contribution in [1.29, 1.82) is 0 Å². The summed E-state index contributed by atoms with van der Waals surface area (Å²) in [7, 11) is 0. The molecule has 7 heteroatoms. The molecule has 0 spiro atoms. The van der Waals surface area contributed by atoms with Crippen molar-refractivity contribution in [2.24, 2.45) is 5.92 Å². The van der Waals surface area contributed by atoms with E-state index < -0.39 is 11.9 Å². The Bertz CT molecular complexity index is 819. The van der Waals surface area contributed by atoms with E-state index in [-0.39, 0.29) is 43.3 Å². The van der Waals surface area contributed by atoms with Gasteiger partial charge >= 0.3 is 5.97 Å². The summed E-state index contributed by atoms with van der Waals surface area (Å²) < 4.78 is 5.25. The van der Waals surface area contributed by atoms with Crippen molar-refractivity contribution in [1.82, 2.24) is 10.2 Å². The normalized spacial score (nSPS) is 18.1. The van der Waals surface area contributed by atoms with Gasteiger partial charge in [0.05, 0.1) is 12.2 Å². The molecule has 0 aliphatic carbocycles. The monoisotopic (exact) mass is 420 g/mol. The summed E-state index contributed by atoms with van der Waals surface area (Å²) in [6, 6.07) is 7.12. The average Bonchev–Trinajstić information content (AvgIpc) is 2.65. The summed E-state index contributed by atoms with van der Waals surface area (Å²) in [4.78, 5) is 39.5. The fraction of sp³-hybridized carbons (Fsp3) is 0.500. The van der Waals surface area contributed by atoms with Crippen molar-refractivity contribution in [2.75, 3.05) is 13.2 Å². The molecule has 2 rings (SSSR count). The van der Waals surface area contributed by atoms with Crippen LogP contribution in [-0.4, -0.2) is 41.9 Å². The summed E-state index contributed by atoms with van der Waals surface area (Å²) in [6.07, 6.45) is 0.0439. The molecule has 1 N–H and O–H groups in total. The lowest BCUT2D eigenvalue weighted by atomic mass is 9.83. The molecular formula is C22H29ClN2O4. The third-order valence-electron chi connectivity index (χ3n) is 5.29. The topological polar surface area (TPSA) is 75.7 Å². The zero-order valence-electron chi connectivity index (χ0n) is 17.6. The van der Waals surface area contributed by atoms with E-state index in [4.69, 9.17) is 16.3 Å². The number of amides is 2. The Balaban J connectivity index is 2.40. The van der Waals surface area contributed by atoms with Gasteiger partial charge in [-0.1, -0.05) is 43.6 Å². The average molecular weight is 421 g/mol. The largest absolute Gasteiger partial charge is 0.463 e. The van der Waals surface area contributed by atoms with Crippen LogP contribution in [0.2, 0.25) is 5.02 Å². The lowest BCUT2D eigenvalue weighted by molar-refractivity contribution is -0.141. The molecule has 0 saturated heterocycles. The van der Waals surface area contributed by atoms with Gasteiger partial charge in [0.15, 0.2) is 0 Å². The second-order valence-corrected chi connectivity index (χ2v) is 7.99. The predicted octanol–water partition coefficient (Wildman–Crippen LogP) is 3.65. The van der Waals surface area contributed by atoms with Crippen LogP contribution in [0.25, 0.3) is 0 Å². The zero-order chi connectivity index (χ0) is 21.7. The van der Waals surface area contributed by atoms with Crippen molar-refractivity contribution >= 4 is 29.4 Å². The van der Waals surface area contributed by atoms with Crippen LogP contribution in [0.4, 0.5) is 0 Å². The maximum Gasteiger partial charge on any atom is 0.336 e. The first kappa shape index (κ1) is 22.9. The van der Waals surface area contributed by atoms with Gasteiger partial charge in [0.1, 0.15) is 6.54 Å². The Labute approximate surface area is 177 Å². The number of carbonyl (C=O) groups is 3. The standard InChI is InChI=1S/C22H29ClN2O4/c1-6-29-22(28)21-15(5)25(12-19(26)24-14(4)13(2)3)20(27)11-17(21)16-9-7-8-10-18(16)23/h7-10,13-14,17H,6,11-12H2,1-5H3,(H,24,26)/t14-,17+/m0/s1. The van der Waals surface area contributed by atoms with E-state index in [0.717, 1.165) is 0 Å². The second-order valence-electron chi connectivity index (χ2n) is 7.58. The Morgan fingerprint density at radius 3 is 2.52 bits per heavy atom. The maximum atomic E-state index is 12.9. The highest BCUT2D eigenvalue weighted by Gasteiger charge is 2.38. The zero-order valence-corrected chi connectivity index (χ0v) is 18.4. The highest BCUT2D eigenvalue weighted by atomic mass is 35.5. The van der Waals surface area contributed by atoms with Crippen molar-refractivity contribution in [3.63, 3.8) is 0 Å². The number of hydrogen-bond donors (Lipinski definition) is 1. The number of esters is 1. The molecule has 1 aromatic rings. The Morgan fingerprint density at radius 2 is 1.93 bits per heavy atom. The van der Waals surface area contributed by atoms with Crippen molar-refractivity contribution in [3.8, 4) is 0 Å². The summed E-state index contributed by atoms with van der Waals surface area (Å²) in [5.41, 5.74) is 1.49. The van der Waals surface area contributed by atoms with E-state index in [9.17, 15) is 14.4 Å². The molecule has 2 atom stereocenters. The molecule has 0 radical (unpaired) electrons. The Kier molecular flexibility index (Phi) is 7.85. The minimum atomic E-state index is -0.510. The van der Waals surface area contributed by atoms with Gasteiger partial charge in [0, 0.05) is 29.1 Å². The third kappa shape index (κ3) is 5.38. The number of hydrogen-bond acceptors (Lipinski definition) is 4.